The molecule has 0 spiro atoms. The van der Waals surface area contributed by atoms with Crippen LogP contribution in [-0.4, -0.2) is 22.4 Å². The minimum absolute atomic E-state index is 0.204. The predicted octanol–water partition coefficient (Wildman–Crippen LogP) is 2.78. The third-order valence-corrected chi connectivity index (χ3v) is 3.70. The Hall–Kier alpha value is -1.46. The van der Waals surface area contributed by atoms with E-state index < -0.39 is 0 Å². The van der Waals surface area contributed by atoms with Crippen LogP contribution < -0.4 is 5.32 Å². The zero-order valence-electron chi connectivity index (χ0n) is 10.7. The summed E-state index contributed by atoms with van der Waals surface area (Å²) in [6, 6.07) is 1.68. The van der Waals surface area contributed by atoms with Gasteiger partial charge in [0.25, 0.3) is 5.91 Å². The monoisotopic (exact) mass is 295 g/mol. The third kappa shape index (κ3) is 3.75. The van der Waals surface area contributed by atoms with Crippen LogP contribution in [0.5, 0.6) is 0 Å². The summed E-state index contributed by atoms with van der Waals surface area (Å²) in [6.07, 6.45) is 2.22. The molecule has 2 aromatic heterocycles. The lowest BCUT2D eigenvalue weighted by Gasteiger charge is -2.06. The summed E-state index contributed by atoms with van der Waals surface area (Å²) >= 11 is 7.62. The Kier molecular flexibility index (Phi) is 4.50. The van der Waals surface area contributed by atoms with E-state index in [1.165, 1.54) is 6.20 Å². The number of carbonyl (C=O) groups is 1. The molecule has 0 fully saturated rings. The van der Waals surface area contributed by atoms with Crippen molar-refractivity contribution in [3.8, 4) is 0 Å². The number of hydrogen-bond donors (Lipinski definition) is 1. The number of amides is 1. The van der Waals surface area contributed by atoms with Crippen LogP contribution in [0.2, 0.25) is 5.02 Å². The Morgan fingerprint density at radius 3 is 2.89 bits per heavy atom. The first-order valence-electron chi connectivity index (χ1n) is 5.87. The van der Waals surface area contributed by atoms with Crippen LogP contribution in [-0.2, 0) is 6.42 Å². The second kappa shape index (κ2) is 6.12. The Morgan fingerprint density at radius 2 is 2.26 bits per heavy atom. The van der Waals surface area contributed by atoms with Crippen molar-refractivity contribution in [1.29, 1.82) is 0 Å². The first-order chi connectivity index (χ1) is 9.06. The first-order valence-corrected chi connectivity index (χ1v) is 7.13. The number of aryl methyl sites for hydroxylation is 2. The highest BCUT2D eigenvalue weighted by Crippen LogP contribution is 2.15. The summed E-state index contributed by atoms with van der Waals surface area (Å²) < 4.78 is 0. The highest BCUT2D eigenvalue weighted by molar-refractivity contribution is 7.09. The Morgan fingerprint density at radius 1 is 1.47 bits per heavy atom. The molecule has 1 N–H and O–H groups in total. The van der Waals surface area contributed by atoms with Crippen molar-refractivity contribution in [3.05, 3.63) is 44.6 Å². The number of aromatic nitrogens is 2. The van der Waals surface area contributed by atoms with Crippen molar-refractivity contribution in [2.75, 3.05) is 6.54 Å². The molecule has 2 heterocycles. The maximum Gasteiger partial charge on any atom is 0.254 e. The fourth-order valence-electron chi connectivity index (χ4n) is 1.62. The number of thiazole rings is 1. The second-order valence-corrected chi connectivity index (χ2v) is 5.64. The molecule has 0 saturated heterocycles. The average molecular weight is 296 g/mol. The Labute approximate surface area is 120 Å². The topological polar surface area (TPSA) is 54.9 Å². The smallest absolute Gasteiger partial charge is 0.254 e. The van der Waals surface area contributed by atoms with E-state index in [-0.39, 0.29) is 5.91 Å². The average Bonchev–Trinajstić information content (AvgIpc) is 2.75. The van der Waals surface area contributed by atoms with Gasteiger partial charge in [0.1, 0.15) is 0 Å². The molecule has 0 atom stereocenters. The number of nitrogens with zero attached hydrogens (tertiary/aromatic N) is 2. The van der Waals surface area contributed by atoms with Crippen LogP contribution in [0.25, 0.3) is 0 Å². The zero-order valence-corrected chi connectivity index (χ0v) is 12.3. The molecule has 2 rings (SSSR count). The molecule has 6 heteroatoms. The largest absolute Gasteiger partial charge is 0.352 e. The van der Waals surface area contributed by atoms with Crippen molar-refractivity contribution in [3.63, 3.8) is 0 Å². The minimum Gasteiger partial charge on any atom is -0.352 e. The minimum atomic E-state index is -0.204. The summed E-state index contributed by atoms with van der Waals surface area (Å²) in [5.41, 5.74) is 2.19. The molecule has 0 aliphatic heterocycles. The Balaban J connectivity index is 1.90. The number of pyridine rings is 1. The van der Waals surface area contributed by atoms with Crippen molar-refractivity contribution in [1.82, 2.24) is 15.3 Å². The van der Waals surface area contributed by atoms with Crippen LogP contribution in [0.4, 0.5) is 0 Å². The summed E-state index contributed by atoms with van der Waals surface area (Å²) in [6.45, 7) is 4.33. The highest BCUT2D eigenvalue weighted by Gasteiger charge is 2.10. The zero-order chi connectivity index (χ0) is 13.8. The van der Waals surface area contributed by atoms with Gasteiger partial charge in [-0.25, -0.2) is 4.98 Å². The number of hydrogen-bond acceptors (Lipinski definition) is 4. The molecular formula is C13H14ClN3OS. The number of rotatable bonds is 4. The van der Waals surface area contributed by atoms with Gasteiger partial charge in [-0.2, -0.15) is 0 Å². The SMILES string of the molecule is Cc1cc(Cl)c(C(=O)NCCc2csc(C)n2)cn1. The molecule has 1 amide bonds. The fourth-order valence-corrected chi connectivity index (χ4v) is 2.56. The molecule has 0 bridgehead atoms. The maximum absolute atomic E-state index is 11.9. The van der Waals surface area contributed by atoms with Gasteiger partial charge in [-0.1, -0.05) is 11.6 Å². The quantitative estimate of drug-likeness (QED) is 0.943. The van der Waals surface area contributed by atoms with Crippen LogP contribution in [0.1, 0.15) is 26.8 Å². The van der Waals surface area contributed by atoms with Crippen LogP contribution in [0.3, 0.4) is 0 Å². The van der Waals surface area contributed by atoms with Crippen molar-refractivity contribution in [2.24, 2.45) is 0 Å². The van der Waals surface area contributed by atoms with Gasteiger partial charge in [0.2, 0.25) is 0 Å². The van der Waals surface area contributed by atoms with E-state index in [2.05, 4.69) is 15.3 Å². The Bertz CT molecular complexity index is 597. The summed E-state index contributed by atoms with van der Waals surface area (Å²) in [5, 5.41) is 6.28. The van der Waals surface area contributed by atoms with Crippen molar-refractivity contribution in [2.45, 2.75) is 20.3 Å². The lowest BCUT2D eigenvalue weighted by atomic mass is 10.2. The van der Waals surface area contributed by atoms with Gasteiger partial charge in [-0.15, -0.1) is 11.3 Å². The standard InChI is InChI=1S/C13H14ClN3OS/c1-8-5-12(14)11(6-16-8)13(18)15-4-3-10-7-19-9(2)17-10/h5-7H,3-4H2,1-2H3,(H,15,18). The molecule has 19 heavy (non-hydrogen) atoms. The normalized spacial score (nSPS) is 10.5. The fraction of sp³-hybridized carbons (Fsp3) is 0.308. The number of halogens is 1. The molecule has 0 saturated carbocycles. The van der Waals surface area contributed by atoms with E-state index in [4.69, 9.17) is 11.6 Å². The van der Waals surface area contributed by atoms with Crippen LogP contribution in [0, 0.1) is 13.8 Å². The van der Waals surface area contributed by atoms with Crippen LogP contribution in [0.15, 0.2) is 17.6 Å². The van der Waals surface area contributed by atoms with Gasteiger partial charge in [-0.3, -0.25) is 9.78 Å². The lowest BCUT2D eigenvalue weighted by Crippen LogP contribution is -2.26. The van der Waals surface area contributed by atoms with Gasteiger partial charge < -0.3 is 5.32 Å². The van der Waals surface area contributed by atoms with Gasteiger partial charge in [0.15, 0.2) is 0 Å². The number of carbonyl (C=O) groups excluding carboxylic acids is 1. The summed E-state index contributed by atoms with van der Waals surface area (Å²) in [7, 11) is 0. The van der Waals surface area contributed by atoms with Gasteiger partial charge in [0.05, 0.1) is 21.3 Å². The highest BCUT2D eigenvalue weighted by atomic mass is 35.5. The van der Waals surface area contributed by atoms with E-state index in [0.717, 1.165) is 16.4 Å². The van der Waals surface area contributed by atoms with E-state index in [1.54, 1.807) is 17.4 Å². The predicted molar refractivity (Wildman–Crippen MR) is 76.9 cm³/mol. The maximum atomic E-state index is 11.9. The summed E-state index contributed by atoms with van der Waals surface area (Å²) in [5.74, 6) is -0.204. The molecule has 100 valence electrons. The van der Waals surface area contributed by atoms with Gasteiger partial charge in [0, 0.05) is 30.2 Å². The molecule has 0 aliphatic carbocycles. The molecular weight excluding hydrogens is 282 g/mol. The van der Waals surface area contributed by atoms with Crippen molar-refractivity contribution >= 4 is 28.8 Å². The second-order valence-electron chi connectivity index (χ2n) is 4.17. The molecule has 0 aromatic carbocycles. The van der Waals surface area contributed by atoms with Gasteiger partial charge in [-0.05, 0) is 19.9 Å². The molecule has 4 nitrogen and oxygen atoms in total. The van der Waals surface area contributed by atoms with Crippen molar-refractivity contribution < 1.29 is 4.79 Å². The molecule has 0 unspecified atom stereocenters. The molecule has 0 radical (unpaired) electrons. The third-order valence-electron chi connectivity index (χ3n) is 2.57. The number of nitrogens with one attached hydrogen (secondary N) is 1. The first kappa shape index (κ1) is 14.0. The summed E-state index contributed by atoms with van der Waals surface area (Å²) in [4.78, 5) is 20.3. The van der Waals surface area contributed by atoms with Gasteiger partial charge >= 0.3 is 0 Å². The van der Waals surface area contributed by atoms with E-state index in [0.29, 0.717) is 23.6 Å². The molecule has 2 aromatic rings. The van der Waals surface area contributed by atoms with Crippen LogP contribution >= 0.6 is 22.9 Å². The van der Waals surface area contributed by atoms with E-state index in [9.17, 15) is 4.79 Å². The molecule has 0 aliphatic rings. The van der Waals surface area contributed by atoms with E-state index >= 15 is 0 Å². The van der Waals surface area contributed by atoms with E-state index in [1.807, 2.05) is 19.2 Å². The lowest BCUT2D eigenvalue weighted by molar-refractivity contribution is 0.0954.